The highest BCUT2D eigenvalue weighted by Gasteiger charge is 2.35. The molecule has 0 unspecified atom stereocenters. The van der Waals surface area contributed by atoms with Crippen molar-refractivity contribution < 1.29 is 9.90 Å². The maximum atomic E-state index is 12.5. The molecule has 1 aliphatic heterocycles. The van der Waals surface area contributed by atoms with E-state index < -0.39 is 11.3 Å². The number of rotatable bonds is 3. The molecule has 20 heavy (non-hydrogen) atoms. The second-order valence-electron chi connectivity index (χ2n) is 5.10. The van der Waals surface area contributed by atoms with E-state index in [4.69, 9.17) is 0 Å². The van der Waals surface area contributed by atoms with Crippen LogP contribution in [0.2, 0.25) is 0 Å². The molecule has 7 heteroatoms. The van der Waals surface area contributed by atoms with Crippen molar-refractivity contribution in [3.8, 4) is 5.75 Å². The Labute approximate surface area is 121 Å². The van der Waals surface area contributed by atoms with E-state index in [1.165, 1.54) is 11.8 Å². The van der Waals surface area contributed by atoms with Gasteiger partial charge in [0.1, 0.15) is 0 Å². The summed E-state index contributed by atoms with van der Waals surface area (Å²) in [6, 6.07) is -0.0122. The number of fused-ring (bicyclic) bond motifs is 1. The zero-order valence-electron chi connectivity index (χ0n) is 12.1. The number of nitrogens with zero attached hydrogens (tertiary/aromatic N) is 3. The van der Waals surface area contributed by atoms with E-state index in [-0.39, 0.29) is 23.7 Å². The van der Waals surface area contributed by atoms with Crippen LogP contribution >= 0.6 is 11.8 Å². The zero-order valence-corrected chi connectivity index (χ0v) is 12.9. The van der Waals surface area contributed by atoms with Gasteiger partial charge in [-0.25, -0.2) is 0 Å². The molecule has 6 nitrogen and oxygen atoms in total. The summed E-state index contributed by atoms with van der Waals surface area (Å²) in [6.45, 7) is 8.28. The van der Waals surface area contributed by atoms with Crippen molar-refractivity contribution in [3.05, 3.63) is 16.0 Å². The highest BCUT2D eigenvalue weighted by Crippen LogP contribution is 2.30. The monoisotopic (exact) mass is 297 g/mol. The molecule has 1 atom stereocenters. The number of thioether (sulfide) groups is 1. The van der Waals surface area contributed by atoms with Gasteiger partial charge in [-0.2, -0.15) is 4.98 Å². The van der Waals surface area contributed by atoms with E-state index in [9.17, 15) is 14.7 Å². The molecule has 110 valence electrons. The second-order valence-corrected chi connectivity index (χ2v) is 6.33. The van der Waals surface area contributed by atoms with Gasteiger partial charge >= 0.3 is 5.56 Å². The van der Waals surface area contributed by atoms with Crippen LogP contribution in [-0.2, 0) is 0 Å². The average Bonchev–Trinajstić information content (AvgIpc) is 2.37. The fourth-order valence-electron chi connectivity index (χ4n) is 2.38. The molecule has 2 rings (SSSR count). The van der Waals surface area contributed by atoms with Crippen molar-refractivity contribution >= 4 is 17.7 Å². The van der Waals surface area contributed by atoms with Crippen molar-refractivity contribution in [1.82, 2.24) is 14.5 Å². The Bertz CT molecular complexity index is 597. The highest BCUT2D eigenvalue weighted by molar-refractivity contribution is 7.99. The summed E-state index contributed by atoms with van der Waals surface area (Å²) < 4.78 is 1.69. The van der Waals surface area contributed by atoms with E-state index in [0.29, 0.717) is 11.7 Å². The lowest BCUT2D eigenvalue weighted by molar-refractivity contribution is 0.0595. The van der Waals surface area contributed by atoms with E-state index in [2.05, 4.69) is 4.98 Å². The Morgan fingerprint density at radius 1 is 1.45 bits per heavy atom. The standard InChI is InChI=1S/C13H19N3O3S/c1-5-20-13-14-11(18)10(17)9-12(19)15(7(2)3)6-8(4)16(9)13/h7-8,17H,5-6H2,1-4H3/t8-/m0/s1. The summed E-state index contributed by atoms with van der Waals surface area (Å²) in [5.41, 5.74) is -0.674. The van der Waals surface area contributed by atoms with Gasteiger partial charge in [0.25, 0.3) is 5.91 Å². The fourth-order valence-corrected chi connectivity index (χ4v) is 3.20. The Morgan fingerprint density at radius 3 is 2.65 bits per heavy atom. The lowest BCUT2D eigenvalue weighted by atomic mass is 10.1. The van der Waals surface area contributed by atoms with Crippen LogP contribution in [-0.4, -0.2) is 43.8 Å². The third kappa shape index (κ3) is 2.30. The van der Waals surface area contributed by atoms with Crippen molar-refractivity contribution in [2.75, 3.05) is 12.3 Å². The van der Waals surface area contributed by atoms with Gasteiger partial charge in [-0.3, -0.25) is 9.59 Å². The van der Waals surface area contributed by atoms with Crippen LogP contribution < -0.4 is 5.56 Å². The van der Waals surface area contributed by atoms with E-state index >= 15 is 0 Å². The molecule has 0 radical (unpaired) electrons. The quantitative estimate of drug-likeness (QED) is 0.675. The number of aromatic hydroxyl groups is 1. The maximum absolute atomic E-state index is 12.5. The third-order valence-electron chi connectivity index (χ3n) is 3.33. The molecule has 0 saturated carbocycles. The van der Waals surface area contributed by atoms with Crippen LogP contribution in [0.1, 0.15) is 44.2 Å². The molecule has 0 fully saturated rings. The molecule has 0 aromatic carbocycles. The van der Waals surface area contributed by atoms with Crippen LogP contribution in [0.3, 0.4) is 0 Å². The normalized spacial score (nSPS) is 18.6. The Balaban J connectivity index is 2.68. The molecular formula is C13H19N3O3S. The minimum absolute atomic E-state index is 0.0173. The summed E-state index contributed by atoms with van der Waals surface area (Å²) in [5, 5.41) is 10.5. The van der Waals surface area contributed by atoms with Gasteiger partial charge in [0.05, 0.1) is 6.04 Å². The Morgan fingerprint density at radius 2 is 2.10 bits per heavy atom. The Kier molecular flexibility index (Phi) is 4.08. The van der Waals surface area contributed by atoms with Gasteiger partial charge in [-0.15, -0.1) is 0 Å². The van der Waals surface area contributed by atoms with Crippen LogP contribution in [0.5, 0.6) is 5.75 Å². The van der Waals surface area contributed by atoms with Gasteiger partial charge in [0.2, 0.25) is 5.75 Å². The smallest absolute Gasteiger partial charge is 0.316 e. The summed E-state index contributed by atoms with van der Waals surface area (Å²) in [5.74, 6) is -0.119. The van der Waals surface area contributed by atoms with Gasteiger partial charge < -0.3 is 14.6 Å². The zero-order chi connectivity index (χ0) is 15.0. The molecule has 2 heterocycles. The molecule has 0 bridgehead atoms. The van der Waals surface area contributed by atoms with Crippen LogP contribution in [0, 0.1) is 0 Å². The second kappa shape index (κ2) is 5.47. The predicted octanol–water partition coefficient (Wildman–Crippen LogP) is 1.49. The minimum Gasteiger partial charge on any atom is -0.501 e. The number of carbonyl (C=O) groups excluding carboxylic acids is 1. The summed E-state index contributed by atoms with van der Waals surface area (Å²) in [6.07, 6.45) is 0. The fraction of sp³-hybridized carbons (Fsp3) is 0.615. The number of carbonyl (C=O) groups is 1. The van der Waals surface area contributed by atoms with Crippen molar-refractivity contribution in [2.24, 2.45) is 0 Å². The maximum Gasteiger partial charge on any atom is 0.316 e. The van der Waals surface area contributed by atoms with E-state index in [0.717, 1.165) is 5.75 Å². The first kappa shape index (κ1) is 14.9. The van der Waals surface area contributed by atoms with Crippen molar-refractivity contribution in [3.63, 3.8) is 0 Å². The van der Waals surface area contributed by atoms with Gasteiger partial charge in [0, 0.05) is 12.6 Å². The van der Waals surface area contributed by atoms with Crippen LogP contribution in [0.15, 0.2) is 9.95 Å². The lowest BCUT2D eigenvalue weighted by Gasteiger charge is -2.37. The first-order chi connectivity index (χ1) is 9.38. The highest BCUT2D eigenvalue weighted by atomic mass is 32.2. The molecule has 1 N–H and O–H groups in total. The first-order valence-corrected chi connectivity index (χ1v) is 7.66. The largest absolute Gasteiger partial charge is 0.501 e. The van der Waals surface area contributed by atoms with Gasteiger partial charge in [0.15, 0.2) is 10.9 Å². The third-order valence-corrected chi connectivity index (χ3v) is 4.17. The summed E-state index contributed by atoms with van der Waals surface area (Å²) in [7, 11) is 0. The molecular weight excluding hydrogens is 278 g/mol. The van der Waals surface area contributed by atoms with Crippen LogP contribution in [0.4, 0.5) is 0 Å². The first-order valence-electron chi connectivity index (χ1n) is 6.67. The molecule has 1 aromatic rings. The van der Waals surface area contributed by atoms with Crippen molar-refractivity contribution in [2.45, 2.75) is 44.9 Å². The SMILES string of the molecule is CCSc1nc(=O)c(O)c2n1[C@@H](C)CN(C(C)C)C2=O. The number of amides is 1. The van der Waals surface area contributed by atoms with Gasteiger partial charge in [-0.1, -0.05) is 18.7 Å². The minimum atomic E-state index is -0.738. The average molecular weight is 297 g/mol. The molecule has 0 saturated heterocycles. The topological polar surface area (TPSA) is 75.4 Å². The summed E-state index contributed by atoms with van der Waals surface area (Å²) >= 11 is 1.40. The number of aromatic nitrogens is 2. The number of hydrogen-bond donors (Lipinski definition) is 1. The van der Waals surface area contributed by atoms with Crippen molar-refractivity contribution in [1.29, 1.82) is 0 Å². The molecule has 0 aliphatic carbocycles. The molecule has 1 amide bonds. The molecule has 1 aliphatic rings. The van der Waals surface area contributed by atoms with E-state index in [1.807, 2.05) is 27.7 Å². The van der Waals surface area contributed by atoms with Gasteiger partial charge in [-0.05, 0) is 26.5 Å². The molecule has 0 spiro atoms. The Hall–Kier alpha value is -1.50. The lowest BCUT2D eigenvalue weighted by Crippen LogP contribution is -2.47. The van der Waals surface area contributed by atoms with E-state index in [1.54, 1.807) is 9.47 Å². The molecule has 1 aromatic heterocycles. The predicted molar refractivity (Wildman–Crippen MR) is 77.4 cm³/mol. The van der Waals surface area contributed by atoms with Crippen LogP contribution in [0.25, 0.3) is 0 Å². The summed E-state index contributed by atoms with van der Waals surface area (Å²) in [4.78, 5) is 29.8. The number of hydrogen-bond acceptors (Lipinski definition) is 5.